The van der Waals surface area contributed by atoms with E-state index < -0.39 is 0 Å². The van der Waals surface area contributed by atoms with Gasteiger partial charge in [0.25, 0.3) is 0 Å². The molecule has 0 aliphatic rings. The highest BCUT2D eigenvalue weighted by molar-refractivity contribution is 6.23. The molecule has 266 valence electrons. The Balaban J connectivity index is 1.26. The first-order valence-corrected chi connectivity index (χ1v) is 18.6. The van der Waals surface area contributed by atoms with Crippen LogP contribution in [0, 0.1) is 0 Å². The lowest BCUT2D eigenvalue weighted by molar-refractivity contribution is 0.669. The van der Waals surface area contributed by atoms with Gasteiger partial charge in [-0.1, -0.05) is 145 Å². The number of rotatable bonds is 5. The van der Waals surface area contributed by atoms with Crippen LogP contribution in [0.5, 0.6) is 0 Å². The molecule has 0 bridgehead atoms. The van der Waals surface area contributed by atoms with Crippen molar-refractivity contribution in [2.24, 2.45) is 0 Å². The standard InChI is InChI=1S/C51H31N5O/c1-3-14-32(15-4-1)34-18-13-19-36(30-34)55-43-23-10-7-20-37(43)41-28-29-42-38-21-8-11-24-44(38)56(48(42)47(41)55)51-53-49(33-16-5-2-6-17-33)52-50(54-51)35-26-27-40-39-22-9-12-25-45(39)57-46(40)31-35/h1-31H/i7D,8D,23D,24D,28D,29D. The Bertz CT molecular complexity index is 3880. The first kappa shape index (κ1) is 26.1. The highest BCUT2D eigenvalue weighted by Crippen LogP contribution is 2.42. The van der Waals surface area contributed by atoms with Gasteiger partial charge in [-0.3, -0.25) is 4.57 Å². The van der Waals surface area contributed by atoms with E-state index in [1.165, 1.54) is 12.1 Å². The molecule has 0 unspecified atom stereocenters. The van der Waals surface area contributed by atoms with Crippen molar-refractivity contribution in [2.45, 2.75) is 0 Å². The molecule has 8 aromatic carbocycles. The van der Waals surface area contributed by atoms with Crippen LogP contribution in [0.25, 0.3) is 111 Å². The number of fused-ring (bicyclic) bond motifs is 10. The van der Waals surface area contributed by atoms with Crippen molar-refractivity contribution in [3.8, 4) is 45.5 Å². The maximum absolute atomic E-state index is 9.70. The normalized spacial score (nSPS) is 13.3. The zero-order valence-electron chi connectivity index (χ0n) is 36.1. The first-order valence-electron chi connectivity index (χ1n) is 21.6. The summed E-state index contributed by atoms with van der Waals surface area (Å²) in [5.74, 6) is 0.847. The summed E-state index contributed by atoms with van der Waals surface area (Å²) < 4.78 is 65.7. The summed E-state index contributed by atoms with van der Waals surface area (Å²) in [7, 11) is 0. The predicted molar refractivity (Wildman–Crippen MR) is 232 cm³/mol. The van der Waals surface area contributed by atoms with Crippen molar-refractivity contribution >= 4 is 65.6 Å². The maximum Gasteiger partial charge on any atom is 0.238 e. The topological polar surface area (TPSA) is 61.7 Å². The molecule has 0 aliphatic carbocycles. The highest BCUT2D eigenvalue weighted by Gasteiger charge is 2.24. The van der Waals surface area contributed by atoms with E-state index in [2.05, 4.69) is 0 Å². The van der Waals surface area contributed by atoms with Crippen LogP contribution in [0.2, 0.25) is 0 Å². The molecule has 6 heteroatoms. The lowest BCUT2D eigenvalue weighted by Crippen LogP contribution is -2.07. The van der Waals surface area contributed by atoms with Crippen LogP contribution in [-0.2, 0) is 0 Å². The molecule has 0 saturated heterocycles. The van der Waals surface area contributed by atoms with Crippen molar-refractivity contribution in [3.05, 3.63) is 188 Å². The van der Waals surface area contributed by atoms with Gasteiger partial charge in [0.15, 0.2) is 11.6 Å². The van der Waals surface area contributed by atoms with E-state index in [1.807, 2.05) is 132 Å². The van der Waals surface area contributed by atoms with Gasteiger partial charge < -0.3 is 8.98 Å². The average molecular weight is 736 g/mol. The Kier molecular flexibility index (Phi) is 5.64. The Morgan fingerprint density at radius 1 is 0.404 bits per heavy atom. The summed E-state index contributed by atoms with van der Waals surface area (Å²) in [6.07, 6.45) is 0. The van der Waals surface area contributed by atoms with Crippen LogP contribution < -0.4 is 0 Å². The van der Waals surface area contributed by atoms with Crippen molar-refractivity contribution in [1.29, 1.82) is 0 Å². The molecule has 12 aromatic rings. The van der Waals surface area contributed by atoms with Gasteiger partial charge in [-0.25, -0.2) is 4.98 Å². The van der Waals surface area contributed by atoms with Crippen LogP contribution in [0.4, 0.5) is 0 Å². The van der Waals surface area contributed by atoms with Gasteiger partial charge in [-0.05, 0) is 53.5 Å². The molecule has 0 fully saturated rings. The number of furan rings is 1. The van der Waals surface area contributed by atoms with Crippen LogP contribution in [0.1, 0.15) is 8.22 Å². The number of hydrogen-bond donors (Lipinski definition) is 0. The van der Waals surface area contributed by atoms with Gasteiger partial charge in [0, 0.05) is 49.1 Å². The minimum absolute atomic E-state index is 0.00283. The summed E-state index contributed by atoms with van der Waals surface area (Å²) in [5, 5.41) is 3.52. The molecule has 0 amide bonds. The summed E-state index contributed by atoms with van der Waals surface area (Å²) in [6, 6.07) is 47.4. The second-order valence-electron chi connectivity index (χ2n) is 14.0. The van der Waals surface area contributed by atoms with Gasteiger partial charge in [0.05, 0.1) is 30.3 Å². The van der Waals surface area contributed by atoms with E-state index in [0.29, 0.717) is 72.1 Å². The molecule has 0 aliphatic heterocycles. The summed E-state index contributed by atoms with van der Waals surface area (Å²) >= 11 is 0. The molecular formula is C51H31N5O. The zero-order valence-corrected chi connectivity index (χ0v) is 30.1. The zero-order chi connectivity index (χ0) is 42.7. The molecule has 57 heavy (non-hydrogen) atoms. The van der Waals surface area contributed by atoms with E-state index in [0.717, 1.165) is 33.0 Å². The second-order valence-corrected chi connectivity index (χ2v) is 14.0. The van der Waals surface area contributed by atoms with Crippen LogP contribution in [0.15, 0.2) is 192 Å². The fourth-order valence-electron chi connectivity index (χ4n) is 8.13. The number of hydrogen-bond acceptors (Lipinski definition) is 4. The highest BCUT2D eigenvalue weighted by atomic mass is 16.3. The first-order chi connectivity index (χ1) is 30.7. The number of para-hydroxylation sites is 3. The van der Waals surface area contributed by atoms with E-state index in [9.17, 15) is 5.48 Å². The third kappa shape index (κ3) is 4.87. The number of nitrogens with zero attached hydrogens (tertiary/aromatic N) is 5. The van der Waals surface area contributed by atoms with Crippen molar-refractivity contribution < 1.29 is 12.6 Å². The lowest BCUT2D eigenvalue weighted by Gasteiger charge is -2.14. The summed E-state index contributed by atoms with van der Waals surface area (Å²) in [5.41, 5.74) is 7.09. The molecule has 0 spiro atoms. The summed E-state index contributed by atoms with van der Waals surface area (Å²) in [6.45, 7) is 0. The largest absolute Gasteiger partial charge is 0.456 e. The molecule has 6 nitrogen and oxygen atoms in total. The van der Waals surface area contributed by atoms with E-state index >= 15 is 0 Å². The molecule has 0 atom stereocenters. The fourth-order valence-corrected chi connectivity index (χ4v) is 8.13. The number of aromatic nitrogens is 5. The third-order valence-corrected chi connectivity index (χ3v) is 10.7. The average Bonchev–Trinajstić information content (AvgIpc) is 3.97. The quantitative estimate of drug-likeness (QED) is 0.177. The van der Waals surface area contributed by atoms with Crippen LogP contribution in [0.3, 0.4) is 0 Å². The molecule has 0 N–H and O–H groups in total. The van der Waals surface area contributed by atoms with Crippen molar-refractivity contribution in [2.75, 3.05) is 0 Å². The molecule has 4 aromatic heterocycles. The molecule has 4 heterocycles. The SMILES string of the molecule is [2H]c1cc([2H])c2c(c1)c1c([2H])c([2H])c3c4cc([2H])cc([2H])c4n(-c4nc(-c5ccccc5)nc(-c5ccc6c(c5)oc5ccccc56)n4)c3c1n2-c1cccc(-c2ccccc2)c1. The van der Waals surface area contributed by atoms with E-state index in [-0.39, 0.29) is 42.2 Å². The van der Waals surface area contributed by atoms with Gasteiger partial charge in [0.1, 0.15) is 11.2 Å². The predicted octanol–water partition coefficient (Wildman–Crippen LogP) is 13.0. The Morgan fingerprint density at radius 2 is 1.02 bits per heavy atom. The summed E-state index contributed by atoms with van der Waals surface area (Å²) in [4.78, 5) is 15.3. The molecular weight excluding hydrogens is 699 g/mol. The van der Waals surface area contributed by atoms with Gasteiger partial charge >= 0.3 is 0 Å². The smallest absolute Gasteiger partial charge is 0.238 e. The Morgan fingerprint density at radius 3 is 1.77 bits per heavy atom. The van der Waals surface area contributed by atoms with E-state index in [4.69, 9.17) is 22.1 Å². The minimum atomic E-state index is -0.127. The fraction of sp³-hybridized carbons (Fsp3) is 0. The molecule has 0 radical (unpaired) electrons. The number of benzene rings is 8. The lowest BCUT2D eigenvalue weighted by atomic mass is 10.1. The van der Waals surface area contributed by atoms with Crippen molar-refractivity contribution in [1.82, 2.24) is 24.1 Å². The third-order valence-electron chi connectivity index (χ3n) is 10.7. The Hall–Kier alpha value is -7.83. The van der Waals surface area contributed by atoms with Gasteiger partial charge in [-0.15, -0.1) is 0 Å². The minimum Gasteiger partial charge on any atom is -0.456 e. The Labute approximate surface area is 335 Å². The van der Waals surface area contributed by atoms with E-state index in [1.54, 1.807) is 16.7 Å². The van der Waals surface area contributed by atoms with Crippen LogP contribution in [-0.4, -0.2) is 24.1 Å². The second kappa shape index (κ2) is 12.3. The maximum atomic E-state index is 9.70. The molecule has 12 rings (SSSR count). The van der Waals surface area contributed by atoms with Crippen molar-refractivity contribution in [3.63, 3.8) is 0 Å². The van der Waals surface area contributed by atoms with Gasteiger partial charge in [-0.2, -0.15) is 9.97 Å². The van der Waals surface area contributed by atoms with Gasteiger partial charge in [0.2, 0.25) is 5.95 Å². The molecule has 0 saturated carbocycles. The van der Waals surface area contributed by atoms with Crippen LogP contribution >= 0.6 is 0 Å². The monoisotopic (exact) mass is 735 g/mol.